The van der Waals surface area contributed by atoms with E-state index in [0.717, 1.165) is 28.2 Å². The number of para-hydroxylation sites is 1. The highest BCUT2D eigenvalue weighted by atomic mass is 16.1. The number of aryl methyl sites for hydroxylation is 5. The van der Waals surface area contributed by atoms with Crippen molar-refractivity contribution in [2.24, 2.45) is 0 Å². The molecule has 0 atom stereocenters. The van der Waals surface area contributed by atoms with Gasteiger partial charge in [0.1, 0.15) is 11.2 Å². The van der Waals surface area contributed by atoms with Gasteiger partial charge < -0.3 is 5.32 Å². The van der Waals surface area contributed by atoms with Gasteiger partial charge >= 0.3 is 0 Å². The topological polar surface area (TPSA) is 81.8 Å². The van der Waals surface area contributed by atoms with Gasteiger partial charge in [-0.15, -0.1) is 0 Å². The highest BCUT2D eigenvalue weighted by Crippen LogP contribution is 2.20. The Morgan fingerprint density at radius 2 is 1.81 bits per heavy atom. The zero-order valence-corrected chi connectivity index (χ0v) is 18.8. The van der Waals surface area contributed by atoms with Crippen LogP contribution < -0.4 is 10.9 Å². The van der Waals surface area contributed by atoms with E-state index in [2.05, 4.69) is 15.4 Å². The van der Waals surface area contributed by atoms with E-state index in [4.69, 9.17) is 0 Å². The summed E-state index contributed by atoms with van der Waals surface area (Å²) in [5.74, 6) is -0.141. The first-order chi connectivity index (χ1) is 15.4. The second kappa shape index (κ2) is 8.78. The minimum atomic E-state index is -0.184. The number of benzene rings is 2. The van der Waals surface area contributed by atoms with Crippen LogP contribution in [0.1, 0.15) is 35.9 Å². The van der Waals surface area contributed by atoms with E-state index in [9.17, 15) is 9.59 Å². The van der Waals surface area contributed by atoms with Crippen LogP contribution in [0.2, 0.25) is 0 Å². The van der Waals surface area contributed by atoms with Crippen LogP contribution in [0.3, 0.4) is 0 Å². The molecule has 0 unspecified atom stereocenters. The number of rotatable bonds is 6. The molecule has 0 bridgehead atoms. The molecule has 0 fully saturated rings. The molecule has 7 heteroatoms. The van der Waals surface area contributed by atoms with Gasteiger partial charge in [-0.05, 0) is 51.5 Å². The van der Waals surface area contributed by atoms with Crippen molar-refractivity contribution >= 4 is 22.8 Å². The van der Waals surface area contributed by atoms with Crippen molar-refractivity contribution in [3.05, 3.63) is 81.4 Å². The fourth-order valence-electron chi connectivity index (χ4n) is 3.92. The highest BCUT2D eigenvalue weighted by Gasteiger charge is 2.19. The molecular formula is C25H27N5O2. The summed E-state index contributed by atoms with van der Waals surface area (Å²) in [6.07, 6.45) is 0.443. The van der Waals surface area contributed by atoms with Crippen molar-refractivity contribution < 1.29 is 4.79 Å². The lowest BCUT2D eigenvalue weighted by Crippen LogP contribution is -2.27. The Hall–Kier alpha value is -3.74. The summed E-state index contributed by atoms with van der Waals surface area (Å²) in [4.78, 5) is 30.4. The second-order valence-electron chi connectivity index (χ2n) is 7.98. The van der Waals surface area contributed by atoms with Gasteiger partial charge in [-0.25, -0.2) is 9.67 Å². The number of hydrogen-bond donors (Lipinski definition) is 1. The number of aromatic nitrogens is 4. The van der Waals surface area contributed by atoms with E-state index in [0.29, 0.717) is 23.4 Å². The summed E-state index contributed by atoms with van der Waals surface area (Å²) >= 11 is 0. The van der Waals surface area contributed by atoms with E-state index in [1.54, 1.807) is 9.25 Å². The van der Waals surface area contributed by atoms with Gasteiger partial charge in [0, 0.05) is 25.1 Å². The lowest BCUT2D eigenvalue weighted by molar-refractivity contribution is -0.116. The molecule has 7 nitrogen and oxygen atoms in total. The Bertz CT molecular complexity index is 1350. The first-order valence-corrected chi connectivity index (χ1v) is 10.8. The van der Waals surface area contributed by atoms with Gasteiger partial charge in [0.15, 0.2) is 5.65 Å². The lowest BCUT2D eigenvalue weighted by atomic mass is 10.1. The average Bonchev–Trinajstić information content (AvgIpc) is 3.11. The summed E-state index contributed by atoms with van der Waals surface area (Å²) in [5.41, 5.74) is 6.10. The summed E-state index contributed by atoms with van der Waals surface area (Å²) in [6.45, 7) is 8.27. The molecule has 0 aliphatic heterocycles. The van der Waals surface area contributed by atoms with Crippen molar-refractivity contribution in [1.29, 1.82) is 0 Å². The number of fused-ring (bicyclic) bond motifs is 1. The molecule has 0 spiro atoms. The fraction of sp³-hybridized carbons (Fsp3) is 0.280. The monoisotopic (exact) mass is 429 g/mol. The number of carbonyl (C=O) groups is 1. The quantitative estimate of drug-likeness (QED) is 0.500. The zero-order valence-electron chi connectivity index (χ0n) is 18.8. The van der Waals surface area contributed by atoms with E-state index >= 15 is 0 Å². The van der Waals surface area contributed by atoms with Crippen LogP contribution in [0, 0.1) is 20.8 Å². The fourth-order valence-corrected chi connectivity index (χ4v) is 3.92. The van der Waals surface area contributed by atoms with Crippen molar-refractivity contribution in [1.82, 2.24) is 19.3 Å². The first kappa shape index (κ1) is 21.5. The van der Waals surface area contributed by atoms with E-state index < -0.39 is 0 Å². The lowest BCUT2D eigenvalue weighted by Gasteiger charge is -2.11. The van der Waals surface area contributed by atoms with E-state index in [1.807, 2.05) is 76.2 Å². The van der Waals surface area contributed by atoms with E-state index in [-0.39, 0.29) is 24.3 Å². The largest absolute Gasteiger partial charge is 0.326 e. The van der Waals surface area contributed by atoms with Gasteiger partial charge in [-0.2, -0.15) is 5.10 Å². The van der Waals surface area contributed by atoms with Crippen molar-refractivity contribution in [2.75, 3.05) is 5.32 Å². The number of hydrogen-bond acceptors (Lipinski definition) is 4. The van der Waals surface area contributed by atoms with Crippen LogP contribution in [0.5, 0.6) is 0 Å². The van der Waals surface area contributed by atoms with Crippen LogP contribution in [-0.4, -0.2) is 25.2 Å². The molecule has 32 heavy (non-hydrogen) atoms. The number of nitrogens with one attached hydrogen (secondary N) is 1. The van der Waals surface area contributed by atoms with Crippen molar-refractivity contribution in [3.8, 4) is 5.69 Å². The number of nitrogens with zero attached hydrogens (tertiary/aromatic N) is 4. The molecule has 2 aromatic heterocycles. The molecule has 0 aliphatic carbocycles. The Morgan fingerprint density at radius 1 is 1.06 bits per heavy atom. The molecule has 2 aromatic carbocycles. The van der Waals surface area contributed by atoms with Gasteiger partial charge in [-0.1, -0.05) is 35.9 Å². The van der Waals surface area contributed by atoms with E-state index in [1.165, 1.54) is 0 Å². The summed E-state index contributed by atoms with van der Waals surface area (Å²) in [6, 6.07) is 15.6. The molecule has 164 valence electrons. The third kappa shape index (κ3) is 4.06. The highest BCUT2D eigenvalue weighted by molar-refractivity contribution is 5.91. The predicted molar refractivity (Wildman–Crippen MR) is 126 cm³/mol. The van der Waals surface area contributed by atoms with Gasteiger partial charge in [0.2, 0.25) is 5.91 Å². The number of amides is 1. The molecule has 2 heterocycles. The third-order valence-corrected chi connectivity index (χ3v) is 5.56. The maximum atomic E-state index is 13.2. The van der Waals surface area contributed by atoms with Crippen LogP contribution in [0.4, 0.5) is 5.69 Å². The molecule has 0 radical (unpaired) electrons. The maximum absolute atomic E-state index is 13.2. The van der Waals surface area contributed by atoms with Gasteiger partial charge in [0.25, 0.3) is 5.56 Å². The Balaban J connectivity index is 1.64. The summed E-state index contributed by atoms with van der Waals surface area (Å²) < 4.78 is 3.45. The molecule has 0 aliphatic rings. The minimum absolute atomic E-state index is 0.141. The summed E-state index contributed by atoms with van der Waals surface area (Å²) in [5, 5.41) is 7.57. The molecule has 4 aromatic rings. The number of carbonyl (C=O) groups excluding carboxylic acids is 1. The van der Waals surface area contributed by atoms with Gasteiger partial charge in [-0.3, -0.25) is 14.2 Å². The average molecular weight is 430 g/mol. The number of anilines is 1. The molecule has 0 saturated carbocycles. The predicted octanol–water partition coefficient (Wildman–Crippen LogP) is 4.10. The third-order valence-electron chi connectivity index (χ3n) is 5.56. The standard InChI is InChI=1S/C25H27N5O2/c1-5-29-24-23(18(4)28-30(24)19-9-7-6-8-10-19)27-21(25(29)32)13-14-22(31)26-20-12-11-16(2)15-17(20)3/h6-12,15H,5,13-14H2,1-4H3,(H,26,31). The van der Waals surface area contributed by atoms with Crippen LogP contribution in [0.15, 0.2) is 53.3 Å². The molecule has 1 amide bonds. The second-order valence-corrected chi connectivity index (χ2v) is 7.98. The maximum Gasteiger partial charge on any atom is 0.273 e. The summed E-state index contributed by atoms with van der Waals surface area (Å²) in [7, 11) is 0. The molecule has 4 rings (SSSR count). The Kier molecular flexibility index (Phi) is 5.90. The smallest absolute Gasteiger partial charge is 0.273 e. The van der Waals surface area contributed by atoms with Crippen molar-refractivity contribution in [3.63, 3.8) is 0 Å². The van der Waals surface area contributed by atoms with Crippen LogP contribution in [-0.2, 0) is 17.8 Å². The minimum Gasteiger partial charge on any atom is -0.326 e. The molecular weight excluding hydrogens is 402 g/mol. The molecule has 1 N–H and O–H groups in total. The van der Waals surface area contributed by atoms with Crippen LogP contribution in [0.25, 0.3) is 16.9 Å². The first-order valence-electron chi connectivity index (χ1n) is 10.8. The Labute approximate surface area is 186 Å². The SMILES string of the molecule is CCn1c(=O)c(CCC(=O)Nc2ccc(C)cc2C)nc2c(C)nn(-c3ccccc3)c21. The zero-order chi connectivity index (χ0) is 22.8. The molecule has 0 saturated heterocycles. The Morgan fingerprint density at radius 3 is 2.50 bits per heavy atom. The van der Waals surface area contributed by atoms with Crippen LogP contribution >= 0.6 is 0 Å². The van der Waals surface area contributed by atoms with Crippen molar-refractivity contribution in [2.45, 2.75) is 47.1 Å². The van der Waals surface area contributed by atoms with Gasteiger partial charge in [0.05, 0.1) is 11.4 Å². The normalized spacial score (nSPS) is 11.1.